The van der Waals surface area contributed by atoms with Gasteiger partial charge in [0.25, 0.3) is 0 Å². The van der Waals surface area contributed by atoms with E-state index in [9.17, 15) is 4.79 Å². The Labute approximate surface area is 70.4 Å². The van der Waals surface area contributed by atoms with Gasteiger partial charge in [0.1, 0.15) is 5.69 Å². The van der Waals surface area contributed by atoms with Crippen molar-refractivity contribution in [3.05, 3.63) is 16.6 Å². The molecule has 1 rings (SSSR count). The monoisotopic (exact) mass is 169 g/mol. The number of carbonyl (C=O) groups is 1. The molecule has 0 unspecified atom stereocenters. The Kier molecular flexibility index (Phi) is 2.76. The largest absolute Gasteiger partial charge is 0.296 e. The molecule has 0 saturated carbocycles. The highest BCUT2D eigenvalue weighted by atomic mass is 32.1. The van der Waals surface area contributed by atoms with Gasteiger partial charge in [0.15, 0.2) is 6.29 Å². The lowest BCUT2D eigenvalue weighted by Gasteiger charge is -1.97. The van der Waals surface area contributed by atoms with Gasteiger partial charge in [0, 0.05) is 4.88 Å². The zero-order valence-corrected chi connectivity index (χ0v) is 7.52. The Morgan fingerprint density at radius 1 is 1.73 bits per heavy atom. The first-order valence-electron chi connectivity index (χ1n) is 3.63. The van der Waals surface area contributed by atoms with Crippen molar-refractivity contribution < 1.29 is 4.79 Å². The molecule has 0 aliphatic heterocycles. The smallest absolute Gasteiger partial charge is 0.169 e. The van der Waals surface area contributed by atoms with Crippen LogP contribution in [0.25, 0.3) is 0 Å². The number of aldehydes is 1. The molecule has 2 nitrogen and oxygen atoms in total. The second-order valence-electron chi connectivity index (χ2n) is 2.93. The van der Waals surface area contributed by atoms with Crippen LogP contribution in [0.15, 0.2) is 6.07 Å². The minimum atomic E-state index is 0.561. The van der Waals surface area contributed by atoms with Crippen LogP contribution >= 0.6 is 11.5 Å². The fraction of sp³-hybridized carbons (Fsp3) is 0.500. The molecule has 0 spiro atoms. The molecule has 0 radical (unpaired) electrons. The predicted molar refractivity (Wildman–Crippen MR) is 46.0 cm³/mol. The molecule has 1 heterocycles. The quantitative estimate of drug-likeness (QED) is 0.649. The summed E-state index contributed by atoms with van der Waals surface area (Å²) in [5.74, 6) is 0.634. The van der Waals surface area contributed by atoms with Crippen LogP contribution in [-0.2, 0) is 6.42 Å². The first-order chi connectivity index (χ1) is 5.22. The summed E-state index contributed by atoms with van der Waals surface area (Å²) in [7, 11) is 0. The van der Waals surface area contributed by atoms with Crippen LogP contribution in [-0.4, -0.2) is 10.7 Å². The molecule has 0 fully saturated rings. The Balaban J connectivity index is 2.65. The predicted octanol–water partition coefficient (Wildman–Crippen LogP) is 2.15. The average molecular weight is 169 g/mol. The highest BCUT2D eigenvalue weighted by Gasteiger charge is 2.02. The van der Waals surface area contributed by atoms with Crippen LogP contribution < -0.4 is 0 Å². The Morgan fingerprint density at radius 2 is 2.45 bits per heavy atom. The number of carbonyl (C=O) groups excluding carboxylic acids is 1. The molecule has 3 heteroatoms. The van der Waals surface area contributed by atoms with Crippen molar-refractivity contribution in [2.75, 3.05) is 0 Å². The number of hydrogen-bond acceptors (Lipinski definition) is 3. The maximum absolute atomic E-state index is 10.2. The fourth-order valence-corrected chi connectivity index (χ4v) is 1.78. The maximum Gasteiger partial charge on any atom is 0.169 e. The lowest BCUT2D eigenvalue weighted by Crippen LogP contribution is -1.89. The summed E-state index contributed by atoms with van der Waals surface area (Å²) in [4.78, 5) is 11.4. The third-order valence-corrected chi connectivity index (χ3v) is 2.13. The molecule has 0 amide bonds. The molecule has 0 N–H and O–H groups in total. The van der Waals surface area contributed by atoms with Crippen LogP contribution in [0.3, 0.4) is 0 Å². The molecule has 0 atom stereocenters. The van der Waals surface area contributed by atoms with Gasteiger partial charge >= 0.3 is 0 Å². The van der Waals surface area contributed by atoms with E-state index in [0.29, 0.717) is 11.6 Å². The van der Waals surface area contributed by atoms with Gasteiger partial charge in [-0.15, -0.1) is 0 Å². The number of nitrogens with zero attached hydrogens (tertiary/aromatic N) is 1. The molecule has 1 aromatic heterocycles. The van der Waals surface area contributed by atoms with Crippen LogP contribution in [0.2, 0.25) is 0 Å². The maximum atomic E-state index is 10.2. The minimum absolute atomic E-state index is 0.561. The summed E-state index contributed by atoms with van der Waals surface area (Å²) in [5, 5.41) is 0. The van der Waals surface area contributed by atoms with Crippen molar-refractivity contribution in [2.45, 2.75) is 20.3 Å². The molecule has 60 valence electrons. The molecule has 11 heavy (non-hydrogen) atoms. The second-order valence-corrected chi connectivity index (χ2v) is 3.82. The van der Waals surface area contributed by atoms with Gasteiger partial charge in [-0.25, -0.2) is 0 Å². The molecule has 0 aliphatic rings. The molecule has 0 bridgehead atoms. The van der Waals surface area contributed by atoms with Crippen LogP contribution in [0.1, 0.15) is 29.2 Å². The standard InChI is InChI=1S/C8H11NOS/c1-6(2)3-8-4-7(5-10)9-11-8/h4-6H,3H2,1-2H3. The second kappa shape index (κ2) is 3.62. The van der Waals surface area contributed by atoms with E-state index in [4.69, 9.17) is 0 Å². The van der Waals surface area contributed by atoms with Crippen molar-refractivity contribution in [2.24, 2.45) is 5.92 Å². The van der Waals surface area contributed by atoms with Crippen LogP contribution in [0.4, 0.5) is 0 Å². The van der Waals surface area contributed by atoms with E-state index in [1.165, 1.54) is 16.4 Å². The lowest BCUT2D eigenvalue weighted by atomic mass is 10.1. The first-order valence-corrected chi connectivity index (χ1v) is 4.40. The van der Waals surface area contributed by atoms with E-state index in [0.717, 1.165) is 12.7 Å². The summed E-state index contributed by atoms with van der Waals surface area (Å²) in [5.41, 5.74) is 0.561. The molecular formula is C8H11NOS. The van der Waals surface area contributed by atoms with Gasteiger partial charge in [-0.05, 0) is 29.9 Å². The summed E-state index contributed by atoms with van der Waals surface area (Å²) in [6.07, 6.45) is 1.81. The van der Waals surface area contributed by atoms with E-state index in [1.54, 1.807) is 0 Å². The third-order valence-electron chi connectivity index (χ3n) is 1.31. The molecule has 0 saturated heterocycles. The minimum Gasteiger partial charge on any atom is -0.296 e. The summed E-state index contributed by atoms with van der Waals surface area (Å²) >= 11 is 1.42. The highest BCUT2D eigenvalue weighted by molar-refractivity contribution is 7.05. The number of aromatic nitrogens is 1. The Morgan fingerprint density at radius 3 is 2.91 bits per heavy atom. The SMILES string of the molecule is CC(C)Cc1cc(C=O)ns1. The highest BCUT2D eigenvalue weighted by Crippen LogP contribution is 2.13. The molecule has 0 aromatic carbocycles. The summed E-state index contributed by atoms with van der Waals surface area (Å²) < 4.78 is 3.96. The molecule has 1 aromatic rings. The number of rotatable bonds is 3. The molecule has 0 aliphatic carbocycles. The van der Waals surface area contributed by atoms with Gasteiger partial charge in [0.05, 0.1) is 0 Å². The van der Waals surface area contributed by atoms with Crippen molar-refractivity contribution in [3.63, 3.8) is 0 Å². The Hall–Kier alpha value is -0.700. The first kappa shape index (κ1) is 8.40. The van der Waals surface area contributed by atoms with Gasteiger partial charge in [0.2, 0.25) is 0 Å². The lowest BCUT2D eigenvalue weighted by molar-refractivity contribution is 0.112. The zero-order chi connectivity index (χ0) is 8.27. The average Bonchev–Trinajstić information content (AvgIpc) is 2.34. The Bertz CT molecular complexity index is 242. The van der Waals surface area contributed by atoms with Gasteiger partial charge in [-0.2, -0.15) is 4.37 Å². The van der Waals surface area contributed by atoms with Crippen molar-refractivity contribution in [1.82, 2.24) is 4.37 Å². The van der Waals surface area contributed by atoms with Crippen LogP contribution in [0.5, 0.6) is 0 Å². The van der Waals surface area contributed by atoms with Gasteiger partial charge in [-0.3, -0.25) is 4.79 Å². The van der Waals surface area contributed by atoms with E-state index < -0.39 is 0 Å². The summed E-state index contributed by atoms with van der Waals surface area (Å²) in [6, 6.07) is 1.86. The zero-order valence-electron chi connectivity index (χ0n) is 6.70. The van der Waals surface area contributed by atoms with Crippen molar-refractivity contribution in [3.8, 4) is 0 Å². The number of hydrogen-bond donors (Lipinski definition) is 0. The van der Waals surface area contributed by atoms with E-state index >= 15 is 0 Å². The van der Waals surface area contributed by atoms with E-state index in [1.807, 2.05) is 6.07 Å². The van der Waals surface area contributed by atoms with Gasteiger partial charge < -0.3 is 0 Å². The van der Waals surface area contributed by atoms with Crippen molar-refractivity contribution >= 4 is 17.8 Å². The topological polar surface area (TPSA) is 30.0 Å². The van der Waals surface area contributed by atoms with E-state index in [-0.39, 0.29) is 0 Å². The normalized spacial score (nSPS) is 10.5. The van der Waals surface area contributed by atoms with E-state index in [2.05, 4.69) is 18.2 Å². The van der Waals surface area contributed by atoms with Crippen LogP contribution in [0, 0.1) is 5.92 Å². The molecular weight excluding hydrogens is 158 g/mol. The van der Waals surface area contributed by atoms with Gasteiger partial charge in [-0.1, -0.05) is 13.8 Å². The van der Waals surface area contributed by atoms with Crippen molar-refractivity contribution in [1.29, 1.82) is 0 Å². The third kappa shape index (κ3) is 2.42. The fourth-order valence-electron chi connectivity index (χ4n) is 0.883. The summed E-state index contributed by atoms with van der Waals surface area (Å²) in [6.45, 7) is 4.31.